The third-order valence-electron chi connectivity index (χ3n) is 7.91. The SMILES string of the molecule is CC(C)COC(=O)N(CC(=O)O)[C@@H](C)c1ccc(OCc2noc(-c3ccccc3)n2)cc1.COC(=O)CN(C(=O)OCC(C)C)[C@@H](C)c1ccc(O)cc1. The van der Waals surface area contributed by atoms with Gasteiger partial charge in [0.1, 0.15) is 24.6 Å². The molecule has 1 aromatic heterocycles. The minimum atomic E-state index is -1.11. The van der Waals surface area contributed by atoms with E-state index < -0.39 is 36.7 Å². The first-order valence-corrected chi connectivity index (χ1v) is 17.7. The highest BCUT2D eigenvalue weighted by molar-refractivity contribution is 5.78. The third-order valence-corrected chi connectivity index (χ3v) is 7.91. The van der Waals surface area contributed by atoms with Gasteiger partial charge in [-0.2, -0.15) is 4.98 Å². The van der Waals surface area contributed by atoms with E-state index in [1.54, 1.807) is 50.2 Å². The molecule has 0 radical (unpaired) electrons. The van der Waals surface area contributed by atoms with Gasteiger partial charge in [-0.05, 0) is 73.2 Å². The third kappa shape index (κ3) is 14.3. The van der Waals surface area contributed by atoms with Gasteiger partial charge in [0.05, 0.1) is 32.4 Å². The van der Waals surface area contributed by atoms with Crippen molar-refractivity contribution in [3.05, 3.63) is 95.8 Å². The van der Waals surface area contributed by atoms with Crippen LogP contribution in [0.4, 0.5) is 9.59 Å². The normalized spacial score (nSPS) is 11.8. The summed E-state index contributed by atoms with van der Waals surface area (Å²) in [5, 5.41) is 22.5. The largest absolute Gasteiger partial charge is 0.508 e. The highest BCUT2D eigenvalue weighted by Crippen LogP contribution is 2.25. The van der Waals surface area contributed by atoms with Gasteiger partial charge < -0.3 is 33.7 Å². The molecule has 2 N–H and O–H groups in total. The van der Waals surface area contributed by atoms with Crippen molar-refractivity contribution in [3.8, 4) is 23.0 Å². The molecule has 0 saturated carbocycles. The number of benzene rings is 3. The van der Waals surface area contributed by atoms with Gasteiger partial charge in [-0.15, -0.1) is 0 Å². The molecule has 55 heavy (non-hydrogen) atoms. The quantitative estimate of drug-likeness (QED) is 0.0856. The number of carboxylic acids is 1. The molecule has 2 atom stereocenters. The van der Waals surface area contributed by atoms with Crippen LogP contribution in [0.25, 0.3) is 11.5 Å². The Morgan fingerprint density at radius 1 is 0.727 bits per heavy atom. The van der Waals surface area contributed by atoms with E-state index >= 15 is 0 Å². The Labute approximate surface area is 320 Å². The number of phenolic OH excluding ortho intramolecular Hbond substituents is 1. The number of esters is 1. The summed E-state index contributed by atoms with van der Waals surface area (Å²) in [4.78, 5) is 54.3. The Bertz CT molecular complexity index is 1800. The maximum Gasteiger partial charge on any atom is 0.410 e. The van der Waals surface area contributed by atoms with Crippen LogP contribution in [0.1, 0.15) is 70.6 Å². The Morgan fingerprint density at radius 2 is 1.24 bits per heavy atom. The van der Waals surface area contributed by atoms with Crippen LogP contribution in [0.15, 0.2) is 83.4 Å². The van der Waals surface area contributed by atoms with Crippen molar-refractivity contribution in [2.24, 2.45) is 11.8 Å². The van der Waals surface area contributed by atoms with Gasteiger partial charge in [-0.25, -0.2) is 9.59 Å². The number of rotatable bonds is 16. The molecule has 4 rings (SSSR count). The predicted molar refractivity (Wildman–Crippen MR) is 201 cm³/mol. The summed E-state index contributed by atoms with van der Waals surface area (Å²) in [6, 6.07) is 22.0. The molecule has 0 fully saturated rings. The maximum atomic E-state index is 12.4. The average molecular weight is 763 g/mol. The first-order chi connectivity index (χ1) is 26.2. The molecule has 4 aromatic rings. The monoisotopic (exact) mass is 762 g/mol. The maximum absolute atomic E-state index is 12.4. The standard InChI is InChI=1S/C24H27N3O6.C16H23NO5/c1-16(2)14-32-24(30)27(13-22(28)29)17(3)18-9-11-20(12-10-18)31-15-21-25-23(33-26-21)19-7-5-4-6-8-19;1-11(2)10-22-16(20)17(9-15(19)21-4)12(3)13-5-7-14(18)8-6-13/h4-12,16-17H,13-15H2,1-3H3,(H,28,29);5-8,11-12,18H,9-10H2,1-4H3/t17-;12-/m00/s1. The van der Waals surface area contributed by atoms with Crippen molar-refractivity contribution < 1.29 is 52.9 Å². The van der Waals surface area contributed by atoms with Crippen LogP contribution < -0.4 is 4.74 Å². The number of hydrogen-bond donors (Lipinski definition) is 2. The lowest BCUT2D eigenvalue weighted by atomic mass is 10.1. The molecule has 0 aliphatic heterocycles. The van der Waals surface area contributed by atoms with Crippen LogP contribution in [0.3, 0.4) is 0 Å². The Kier molecular flexibility index (Phi) is 17.0. The molecule has 15 heteroatoms. The van der Waals surface area contributed by atoms with Gasteiger partial charge >= 0.3 is 24.1 Å². The molecule has 0 spiro atoms. The zero-order valence-corrected chi connectivity index (χ0v) is 32.2. The first-order valence-electron chi connectivity index (χ1n) is 17.7. The van der Waals surface area contributed by atoms with Crippen molar-refractivity contribution in [1.29, 1.82) is 0 Å². The molecule has 3 aromatic carbocycles. The van der Waals surface area contributed by atoms with Gasteiger partial charge in [-0.1, -0.05) is 75.3 Å². The number of carbonyl (C=O) groups is 4. The van der Waals surface area contributed by atoms with Gasteiger partial charge in [0, 0.05) is 5.56 Å². The van der Waals surface area contributed by atoms with Crippen molar-refractivity contribution in [2.45, 2.75) is 60.2 Å². The van der Waals surface area contributed by atoms with E-state index in [1.807, 2.05) is 58.0 Å². The molecular formula is C40H50N4O11. The van der Waals surface area contributed by atoms with E-state index in [0.29, 0.717) is 17.5 Å². The Hall–Kier alpha value is -6.12. The molecule has 0 bridgehead atoms. The van der Waals surface area contributed by atoms with E-state index in [4.69, 9.17) is 18.7 Å². The number of aromatic hydroxyl groups is 1. The highest BCUT2D eigenvalue weighted by atomic mass is 16.6. The molecule has 0 aliphatic carbocycles. The zero-order chi connectivity index (χ0) is 40.5. The molecule has 0 saturated heterocycles. The topological polar surface area (TPSA) is 191 Å². The fourth-order valence-corrected chi connectivity index (χ4v) is 4.82. The lowest BCUT2D eigenvalue weighted by Crippen LogP contribution is -2.39. The lowest BCUT2D eigenvalue weighted by Gasteiger charge is -2.28. The minimum Gasteiger partial charge on any atom is -0.508 e. The number of phenols is 1. The highest BCUT2D eigenvalue weighted by Gasteiger charge is 2.27. The van der Waals surface area contributed by atoms with Crippen LogP contribution in [0.2, 0.25) is 0 Å². The number of carbonyl (C=O) groups excluding carboxylic acids is 3. The second-order valence-electron chi connectivity index (χ2n) is 13.4. The van der Waals surface area contributed by atoms with Crippen molar-refractivity contribution in [1.82, 2.24) is 19.9 Å². The number of aliphatic carboxylic acids is 1. The van der Waals surface area contributed by atoms with Crippen molar-refractivity contribution >= 4 is 24.1 Å². The number of methoxy groups -OCH3 is 1. The molecule has 0 unspecified atom stereocenters. The van der Waals surface area contributed by atoms with Gasteiger partial charge in [0.15, 0.2) is 6.61 Å². The predicted octanol–water partition coefficient (Wildman–Crippen LogP) is 7.28. The lowest BCUT2D eigenvalue weighted by molar-refractivity contribution is -0.142. The first kappa shape index (κ1) is 43.3. The molecule has 0 aliphatic rings. The number of aromatic nitrogens is 2. The molecular weight excluding hydrogens is 712 g/mol. The van der Waals surface area contributed by atoms with Crippen LogP contribution in [0.5, 0.6) is 11.5 Å². The Balaban J connectivity index is 0.000000322. The van der Waals surface area contributed by atoms with Crippen LogP contribution >= 0.6 is 0 Å². The second kappa shape index (κ2) is 21.5. The van der Waals surface area contributed by atoms with E-state index in [9.17, 15) is 29.4 Å². The molecule has 15 nitrogen and oxygen atoms in total. The minimum absolute atomic E-state index is 0.123. The zero-order valence-electron chi connectivity index (χ0n) is 32.2. The molecule has 1 heterocycles. The van der Waals surface area contributed by atoms with Gasteiger partial charge in [0.2, 0.25) is 5.82 Å². The van der Waals surface area contributed by atoms with Crippen LogP contribution in [-0.4, -0.2) is 87.7 Å². The van der Waals surface area contributed by atoms with E-state index in [-0.39, 0.29) is 50.0 Å². The number of carboxylic acid groups (broad SMARTS) is 1. The fourth-order valence-electron chi connectivity index (χ4n) is 4.82. The Morgan fingerprint density at radius 3 is 1.73 bits per heavy atom. The fraction of sp³-hybridized carbons (Fsp3) is 0.400. The summed E-state index contributed by atoms with van der Waals surface area (Å²) in [6.45, 7) is 11.2. The van der Waals surface area contributed by atoms with Crippen LogP contribution in [0, 0.1) is 11.8 Å². The van der Waals surface area contributed by atoms with Crippen molar-refractivity contribution in [2.75, 3.05) is 33.4 Å². The summed E-state index contributed by atoms with van der Waals surface area (Å²) in [5.41, 5.74) is 2.35. The van der Waals surface area contributed by atoms with E-state index in [2.05, 4.69) is 14.9 Å². The van der Waals surface area contributed by atoms with Crippen molar-refractivity contribution in [3.63, 3.8) is 0 Å². The van der Waals surface area contributed by atoms with E-state index in [0.717, 1.165) is 16.7 Å². The average Bonchev–Trinajstić information content (AvgIpc) is 3.66. The summed E-state index contributed by atoms with van der Waals surface area (Å²) >= 11 is 0. The number of nitrogens with zero attached hydrogens (tertiary/aromatic N) is 4. The van der Waals surface area contributed by atoms with Gasteiger partial charge in [-0.3, -0.25) is 19.4 Å². The van der Waals surface area contributed by atoms with Gasteiger partial charge in [0.25, 0.3) is 5.89 Å². The molecule has 296 valence electrons. The summed E-state index contributed by atoms with van der Waals surface area (Å²) in [7, 11) is 1.27. The van der Waals surface area contributed by atoms with E-state index in [1.165, 1.54) is 29.0 Å². The number of hydrogen-bond acceptors (Lipinski definition) is 12. The summed E-state index contributed by atoms with van der Waals surface area (Å²) in [6.07, 6.45) is -1.23. The number of ether oxygens (including phenoxy) is 4. The number of amides is 2. The molecule has 2 amide bonds. The smallest absolute Gasteiger partial charge is 0.410 e. The summed E-state index contributed by atoms with van der Waals surface area (Å²) in [5.74, 6) is 0.253. The summed E-state index contributed by atoms with van der Waals surface area (Å²) < 4.78 is 26.1. The van der Waals surface area contributed by atoms with Crippen LogP contribution in [-0.2, 0) is 30.4 Å². The second-order valence-corrected chi connectivity index (χ2v) is 13.4.